The zero-order valence-electron chi connectivity index (χ0n) is 15.6. The van der Waals surface area contributed by atoms with Crippen molar-refractivity contribution in [2.75, 3.05) is 0 Å². The zero-order valence-corrected chi connectivity index (χ0v) is 15.6. The van der Waals surface area contributed by atoms with Crippen molar-refractivity contribution >= 4 is 0 Å². The van der Waals surface area contributed by atoms with Gasteiger partial charge in [0.2, 0.25) is 0 Å². The Kier molecular flexibility index (Phi) is 3.75. The van der Waals surface area contributed by atoms with E-state index in [0.717, 1.165) is 30.6 Å². The topological polar surface area (TPSA) is 0 Å². The Morgan fingerprint density at radius 2 is 1.78 bits per heavy atom. The van der Waals surface area contributed by atoms with Gasteiger partial charge in [-0.25, -0.2) is 4.39 Å². The number of alkyl halides is 1. The molecule has 0 bridgehead atoms. The van der Waals surface area contributed by atoms with E-state index in [9.17, 15) is 0 Å². The number of halogens is 1. The maximum absolute atomic E-state index is 15.1. The maximum atomic E-state index is 15.1. The first-order valence-electron chi connectivity index (χ1n) is 10.2. The lowest BCUT2D eigenvalue weighted by atomic mass is 9.44. The predicted molar refractivity (Wildman–Crippen MR) is 94.9 cm³/mol. The van der Waals surface area contributed by atoms with E-state index in [2.05, 4.69) is 33.8 Å². The van der Waals surface area contributed by atoms with Crippen LogP contribution >= 0.6 is 0 Å². The van der Waals surface area contributed by atoms with Gasteiger partial charge in [0, 0.05) is 5.41 Å². The molecule has 0 radical (unpaired) electrons. The van der Waals surface area contributed by atoms with E-state index in [-0.39, 0.29) is 11.3 Å². The lowest BCUT2D eigenvalue weighted by molar-refractivity contribution is -0.118. The SMILES string of the molecule is C[C@H]1CC[C@@]2(C)C(=CCC3C2CC[C@@]2(C)C3CC[C@@H](C)[C@@H]2F)C1. The molecule has 0 heterocycles. The number of allylic oxidation sites excluding steroid dienone is 2. The van der Waals surface area contributed by atoms with E-state index in [1.807, 2.05) is 0 Å². The average molecular weight is 319 g/mol. The molecule has 4 aliphatic rings. The molecule has 23 heavy (non-hydrogen) atoms. The highest BCUT2D eigenvalue weighted by Gasteiger charge is 2.58. The summed E-state index contributed by atoms with van der Waals surface area (Å²) in [6.45, 7) is 9.41. The highest BCUT2D eigenvalue weighted by atomic mass is 19.1. The molecule has 4 rings (SSSR count). The van der Waals surface area contributed by atoms with Crippen LogP contribution in [0.2, 0.25) is 0 Å². The van der Waals surface area contributed by atoms with Gasteiger partial charge in [0.15, 0.2) is 0 Å². The fraction of sp³-hybridized carbons (Fsp3) is 0.909. The molecule has 4 aliphatic carbocycles. The quantitative estimate of drug-likeness (QED) is 0.444. The van der Waals surface area contributed by atoms with E-state index in [4.69, 9.17) is 0 Å². The molecular formula is C22H35F. The van der Waals surface area contributed by atoms with Crippen molar-refractivity contribution in [1.29, 1.82) is 0 Å². The number of fused-ring (bicyclic) bond motifs is 5. The van der Waals surface area contributed by atoms with Crippen LogP contribution in [0.5, 0.6) is 0 Å². The molecule has 3 unspecified atom stereocenters. The first-order valence-corrected chi connectivity index (χ1v) is 10.2. The number of hydrogen-bond acceptors (Lipinski definition) is 0. The third-order valence-electron chi connectivity index (χ3n) is 8.85. The van der Waals surface area contributed by atoms with Crippen molar-refractivity contribution in [2.45, 2.75) is 85.2 Å². The Morgan fingerprint density at radius 3 is 2.57 bits per heavy atom. The van der Waals surface area contributed by atoms with Crippen LogP contribution in [-0.2, 0) is 0 Å². The minimum Gasteiger partial charge on any atom is -0.247 e. The lowest BCUT2D eigenvalue weighted by Gasteiger charge is -2.61. The van der Waals surface area contributed by atoms with E-state index in [1.165, 1.54) is 38.5 Å². The Bertz CT molecular complexity index is 508. The smallest absolute Gasteiger partial charge is 0.108 e. The Morgan fingerprint density at radius 1 is 1.00 bits per heavy atom. The third-order valence-corrected chi connectivity index (χ3v) is 8.85. The average Bonchev–Trinajstić information content (AvgIpc) is 2.52. The minimum absolute atomic E-state index is 0.0392. The molecule has 0 aromatic carbocycles. The van der Waals surface area contributed by atoms with Gasteiger partial charge in [-0.2, -0.15) is 0 Å². The minimum atomic E-state index is -0.577. The predicted octanol–water partition coefficient (Wildman–Crippen LogP) is 6.56. The van der Waals surface area contributed by atoms with Gasteiger partial charge < -0.3 is 0 Å². The van der Waals surface area contributed by atoms with E-state index in [0.29, 0.717) is 11.3 Å². The van der Waals surface area contributed by atoms with Crippen LogP contribution in [0.4, 0.5) is 4.39 Å². The lowest BCUT2D eigenvalue weighted by Crippen LogP contribution is -2.55. The summed E-state index contributed by atoms with van der Waals surface area (Å²) < 4.78 is 15.1. The second-order valence-corrected chi connectivity index (χ2v) is 10.1. The molecule has 0 aromatic rings. The van der Waals surface area contributed by atoms with Crippen molar-refractivity contribution in [1.82, 2.24) is 0 Å². The Labute approximate surface area is 142 Å². The van der Waals surface area contributed by atoms with Gasteiger partial charge >= 0.3 is 0 Å². The van der Waals surface area contributed by atoms with Crippen molar-refractivity contribution in [2.24, 2.45) is 40.4 Å². The molecule has 8 atom stereocenters. The van der Waals surface area contributed by atoms with Gasteiger partial charge in [-0.1, -0.05) is 39.3 Å². The van der Waals surface area contributed by atoms with Gasteiger partial charge in [0.25, 0.3) is 0 Å². The molecule has 0 saturated heterocycles. The molecule has 3 fully saturated rings. The second kappa shape index (κ2) is 5.33. The monoisotopic (exact) mass is 318 g/mol. The molecule has 0 aliphatic heterocycles. The molecule has 130 valence electrons. The molecule has 0 amide bonds. The largest absolute Gasteiger partial charge is 0.247 e. The van der Waals surface area contributed by atoms with Gasteiger partial charge in [0.05, 0.1) is 0 Å². The summed E-state index contributed by atoms with van der Waals surface area (Å²) in [6.07, 6.45) is 12.1. The summed E-state index contributed by atoms with van der Waals surface area (Å²) in [5.74, 6) is 3.34. The molecular weight excluding hydrogens is 283 g/mol. The molecule has 0 aromatic heterocycles. The fourth-order valence-electron chi connectivity index (χ4n) is 7.32. The first kappa shape index (κ1) is 16.2. The van der Waals surface area contributed by atoms with Crippen molar-refractivity contribution in [3.8, 4) is 0 Å². The summed E-state index contributed by atoms with van der Waals surface area (Å²) in [5.41, 5.74) is 2.16. The summed E-state index contributed by atoms with van der Waals surface area (Å²) in [5, 5.41) is 0. The van der Waals surface area contributed by atoms with Crippen LogP contribution in [0.25, 0.3) is 0 Å². The zero-order chi connectivity index (χ0) is 16.4. The van der Waals surface area contributed by atoms with Crippen molar-refractivity contribution in [3.05, 3.63) is 11.6 Å². The molecule has 0 spiro atoms. The normalized spacial score (nSPS) is 56.1. The van der Waals surface area contributed by atoms with E-state index < -0.39 is 6.17 Å². The highest BCUT2D eigenvalue weighted by Crippen LogP contribution is 2.65. The summed E-state index contributed by atoms with van der Waals surface area (Å²) >= 11 is 0. The first-order chi connectivity index (χ1) is 10.9. The van der Waals surface area contributed by atoms with Gasteiger partial charge in [0.1, 0.15) is 6.17 Å². The Balaban J connectivity index is 1.66. The number of rotatable bonds is 0. The fourth-order valence-corrected chi connectivity index (χ4v) is 7.32. The molecule has 3 saturated carbocycles. The maximum Gasteiger partial charge on any atom is 0.108 e. The van der Waals surface area contributed by atoms with Gasteiger partial charge in [-0.15, -0.1) is 0 Å². The van der Waals surface area contributed by atoms with E-state index in [1.54, 1.807) is 5.57 Å². The van der Waals surface area contributed by atoms with E-state index >= 15 is 4.39 Å². The molecule has 0 N–H and O–H groups in total. The van der Waals surface area contributed by atoms with Crippen LogP contribution in [-0.4, -0.2) is 6.17 Å². The molecule has 1 heteroatoms. The summed E-state index contributed by atoms with van der Waals surface area (Å²) in [4.78, 5) is 0. The second-order valence-electron chi connectivity index (χ2n) is 10.1. The van der Waals surface area contributed by atoms with Crippen LogP contribution in [0, 0.1) is 40.4 Å². The highest BCUT2D eigenvalue weighted by molar-refractivity contribution is 5.24. The van der Waals surface area contributed by atoms with Crippen molar-refractivity contribution in [3.63, 3.8) is 0 Å². The standard InChI is InChI=1S/C22H35F/c1-14-9-11-21(3)16(13-14)6-7-17-18-8-5-15(2)20(23)22(18,4)12-10-19(17)21/h6,14-15,17-20H,5,7-13H2,1-4H3/t14-,15+,17?,18?,19?,20-,21-,22-/m0/s1. The third kappa shape index (κ3) is 2.20. The van der Waals surface area contributed by atoms with Crippen LogP contribution in [0.15, 0.2) is 11.6 Å². The molecule has 0 nitrogen and oxygen atoms in total. The van der Waals surface area contributed by atoms with Crippen LogP contribution < -0.4 is 0 Å². The summed E-state index contributed by atoms with van der Waals surface area (Å²) in [7, 11) is 0. The van der Waals surface area contributed by atoms with Crippen LogP contribution in [0.1, 0.15) is 79.1 Å². The van der Waals surface area contributed by atoms with Crippen LogP contribution in [0.3, 0.4) is 0 Å². The van der Waals surface area contributed by atoms with Crippen molar-refractivity contribution < 1.29 is 4.39 Å². The Hall–Kier alpha value is -0.330. The van der Waals surface area contributed by atoms with Gasteiger partial charge in [-0.05, 0) is 86.4 Å². The van der Waals surface area contributed by atoms with Gasteiger partial charge in [-0.3, -0.25) is 0 Å². The number of hydrogen-bond donors (Lipinski definition) is 0. The summed E-state index contributed by atoms with van der Waals surface area (Å²) in [6, 6.07) is 0.